The zero-order valence-corrected chi connectivity index (χ0v) is 16.4. The summed E-state index contributed by atoms with van der Waals surface area (Å²) >= 11 is 0. The fourth-order valence-electron chi connectivity index (χ4n) is 3.00. The van der Waals surface area contributed by atoms with Crippen LogP contribution in [0, 0.1) is 12.7 Å². The predicted molar refractivity (Wildman–Crippen MR) is 105 cm³/mol. The molecule has 0 spiro atoms. The average molecular weight is 412 g/mol. The highest BCUT2D eigenvalue weighted by molar-refractivity contribution is 7.89. The molecule has 2 aromatic heterocycles. The van der Waals surface area contributed by atoms with Crippen molar-refractivity contribution in [2.45, 2.75) is 24.8 Å². The molecular weight excluding hydrogens is 395 g/mol. The van der Waals surface area contributed by atoms with E-state index in [4.69, 9.17) is 4.52 Å². The van der Waals surface area contributed by atoms with E-state index in [-0.39, 0.29) is 22.4 Å². The maximum absolute atomic E-state index is 13.1. The third-order valence-corrected chi connectivity index (χ3v) is 6.07. The quantitative estimate of drug-likeness (QED) is 0.536. The molecule has 0 fully saturated rings. The summed E-state index contributed by atoms with van der Waals surface area (Å²) in [5.41, 5.74) is 2.07. The maximum atomic E-state index is 13.1. The van der Waals surface area contributed by atoms with Crippen LogP contribution in [0.25, 0.3) is 22.3 Å². The summed E-state index contributed by atoms with van der Waals surface area (Å²) in [5.74, 6) is -0.0307. The minimum Gasteiger partial charge on any atom is -0.337 e. The molecule has 4 aromatic rings. The van der Waals surface area contributed by atoms with Gasteiger partial charge in [-0.1, -0.05) is 11.2 Å². The zero-order valence-electron chi connectivity index (χ0n) is 15.6. The fraction of sp³-hybridized carbons (Fsp3) is 0.150. The Bertz CT molecular complexity index is 1290. The van der Waals surface area contributed by atoms with Gasteiger partial charge >= 0.3 is 0 Å². The van der Waals surface area contributed by atoms with Crippen LogP contribution in [0.3, 0.4) is 0 Å². The van der Waals surface area contributed by atoms with Gasteiger partial charge in [0.1, 0.15) is 5.82 Å². The number of hydrogen-bond acceptors (Lipinski definition) is 6. The van der Waals surface area contributed by atoms with Crippen LogP contribution in [0.1, 0.15) is 24.4 Å². The van der Waals surface area contributed by atoms with Gasteiger partial charge in [-0.25, -0.2) is 12.8 Å². The molecule has 0 amide bonds. The second-order valence-corrected chi connectivity index (χ2v) is 8.27. The van der Waals surface area contributed by atoms with Gasteiger partial charge in [0.2, 0.25) is 21.7 Å². The van der Waals surface area contributed by atoms with E-state index >= 15 is 0 Å². The molecule has 0 saturated heterocycles. The molecule has 0 aliphatic heterocycles. The molecule has 2 heterocycles. The van der Waals surface area contributed by atoms with Crippen molar-refractivity contribution in [3.8, 4) is 11.4 Å². The third-order valence-electron chi connectivity index (χ3n) is 4.47. The Morgan fingerprint density at radius 3 is 2.62 bits per heavy atom. The van der Waals surface area contributed by atoms with Gasteiger partial charge < -0.3 is 4.52 Å². The summed E-state index contributed by atoms with van der Waals surface area (Å²) in [6.07, 6.45) is 1.62. The van der Waals surface area contributed by atoms with E-state index in [1.54, 1.807) is 37.4 Å². The molecule has 1 N–H and O–H groups in total. The van der Waals surface area contributed by atoms with Crippen molar-refractivity contribution >= 4 is 20.9 Å². The predicted octanol–water partition coefficient (Wildman–Crippen LogP) is 3.77. The lowest BCUT2D eigenvalue weighted by atomic mass is 10.1. The Hall–Kier alpha value is -3.17. The average Bonchev–Trinajstić information content (AvgIpc) is 3.19. The standard InChI is InChI=1S/C20H17FN4O3S/c1-12-5-10-17(16-4-3-11-22-18(12)16)29(26,27)25-13(2)20-23-19(24-28-20)14-6-8-15(21)9-7-14/h3-11,13,25H,1-2H3. The van der Waals surface area contributed by atoms with Crippen molar-refractivity contribution in [3.63, 3.8) is 0 Å². The van der Waals surface area contributed by atoms with Crippen molar-refractivity contribution < 1.29 is 17.3 Å². The number of sulfonamides is 1. The van der Waals surface area contributed by atoms with Crippen molar-refractivity contribution in [1.29, 1.82) is 0 Å². The second-order valence-electron chi connectivity index (χ2n) is 6.59. The Morgan fingerprint density at radius 1 is 1.10 bits per heavy atom. The monoisotopic (exact) mass is 412 g/mol. The first kappa shape index (κ1) is 19.2. The summed E-state index contributed by atoms with van der Waals surface area (Å²) < 4.78 is 46.8. The highest BCUT2D eigenvalue weighted by Crippen LogP contribution is 2.26. The highest BCUT2D eigenvalue weighted by Gasteiger charge is 2.24. The number of aromatic nitrogens is 3. The molecule has 0 saturated carbocycles. The first-order valence-electron chi connectivity index (χ1n) is 8.81. The first-order valence-corrected chi connectivity index (χ1v) is 10.3. The Labute approximate surface area is 166 Å². The summed E-state index contributed by atoms with van der Waals surface area (Å²) in [6, 6.07) is 11.5. The van der Waals surface area contributed by atoms with E-state index in [0.29, 0.717) is 16.5 Å². The molecule has 1 unspecified atom stereocenters. The SMILES string of the molecule is Cc1ccc(S(=O)(=O)NC(C)c2nc(-c3ccc(F)cc3)no2)c2cccnc12. The first-order chi connectivity index (χ1) is 13.8. The summed E-state index contributed by atoms with van der Waals surface area (Å²) in [5, 5.41) is 4.38. The number of rotatable bonds is 5. The molecule has 29 heavy (non-hydrogen) atoms. The molecule has 0 aliphatic rings. The lowest BCUT2D eigenvalue weighted by Crippen LogP contribution is -2.27. The lowest BCUT2D eigenvalue weighted by Gasteiger charge is -2.13. The maximum Gasteiger partial charge on any atom is 0.244 e. The van der Waals surface area contributed by atoms with E-state index in [1.165, 1.54) is 24.3 Å². The van der Waals surface area contributed by atoms with Crippen LogP contribution >= 0.6 is 0 Å². The van der Waals surface area contributed by atoms with Crippen LogP contribution in [0.2, 0.25) is 0 Å². The van der Waals surface area contributed by atoms with Crippen LogP contribution in [-0.2, 0) is 10.0 Å². The van der Waals surface area contributed by atoms with Gasteiger partial charge in [0.25, 0.3) is 0 Å². The van der Waals surface area contributed by atoms with Gasteiger partial charge in [-0.15, -0.1) is 0 Å². The number of aryl methyl sites for hydroxylation is 1. The molecule has 148 valence electrons. The Balaban J connectivity index is 1.62. The highest BCUT2D eigenvalue weighted by atomic mass is 32.2. The van der Waals surface area contributed by atoms with Gasteiger partial charge in [-0.3, -0.25) is 4.98 Å². The number of pyridine rings is 1. The molecule has 0 aliphatic carbocycles. The number of fused-ring (bicyclic) bond motifs is 1. The van der Waals surface area contributed by atoms with Crippen LogP contribution < -0.4 is 4.72 Å². The third kappa shape index (κ3) is 3.74. The van der Waals surface area contributed by atoms with E-state index in [9.17, 15) is 12.8 Å². The van der Waals surface area contributed by atoms with Gasteiger partial charge in [0.15, 0.2) is 0 Å². The van der Waals surface area contributed by atoms with E-state index < -0.39 is 16.1 Å². The number of benzene rings is 2. The van der Waals surface area contributed by atoms with Gasteiger partial charge in [-0.05, 0) is 61.9 Å². The Kier molecular flexibility index (Phi) is 4.85. The van der Waals surface area contributed by atoms with E-state index in [2.05, 4.69) is 19.8 Å². The Morgan fingerprint density at radius 2 is 1.86 bits per heavy atom. The molecule has 4 rings (SSSR count). The topological polar surface area (TPSA) is 98.0 Å². The number of halogens is 1. The van der Waals surface area contributed by atoms with Crippen LogP contribution in [-0.4, -0.2) is 23.5 Å². The number of nitrogens with zero attached hydrogens (tertiary/aromatic N) is 3. The number of hydrogen-bond donors (Lipinski definition) is 1. The van der Waals surface area contributed by atoms with Crippen LogP contribution in [0.4, 0.5) is 4.39 Å². The summed E-state index contributed by atoms with van der Waals surface area (Å²) in [7, 11) is -3.88. The van der Waals surface area contributed by atoms with Crippen molar-refractivity contribution in [3.05, 3.63) is 72.0 Å². The molecule has 0 bridgehead atoms. The summed E-state index contributed by atoms with van der Waals surface area (Å²) in [4.78, 5) is 8.62. The van der Waals surface area contributed by atoms with Crippen molar-refractivity contribution in [2.24, 2.45) is 0 Å². The molecule has 0 radical (unpaired) electrons. The van der Waals surface area contributed by atoms with E-state index in [0.717, 1.165) is 5.56 Å². The molecular formula is C20H17FN4O3S. The minimum absolute atomic E-state index is 0.0995. The minimum atomic E-state index is -3.88. The van der Waals surface area contributed by atoms with Gasteiger partial charge in [0, 0.05) is 17.1 Å². The number of nitrogens with one attached hydrogen (secondary N) is 1. The second kappa shape index (κ2) is 7.34. The smallest absolute Gasteiger partial charge is 0.244 e. The van der Waals surface area contributed by atoms with E-state index in [1.807, 2.05) is 6.92 Å². The van der Waals surface area contributed by atoms with Gasteiger partial charge in [-0.2, -0.15) is 9.71 Å². The largest absolute Gasteiger partial charge is 0.337 e. The molecule has 7 nitrogen and oxygen atoms in total. The van der Waals surface area contributed by atoms with Crippen molar-refractivity contribution in [2.75, 3.05) is 0 Å². The zero-order chi connectivity index (χ0) is 20.6. The van der Waals surface area contributed by atoms with Crippen LogP contribution in [0.15, 0.2) is 64.1 Å². The molecule has 9 heteroatoms. The lowest BCUT2D eigenvalue weighted by molar-refractivity contribution is 0.354. The summed E-state index contributed by atoms with van der Waals surface area (Å²) in [6.45, 7) is 3.48. The molecule has 2 aromatic carbocycles. The van der Waals surface area contributed by atoms with Gasteiger partial charge in [0.05, 0.1) is 16.5 Å². The molecule has 1 atom stereocenters. The van der Waals surface area contributed by atoms with Crippen molar-refractivity contribution in [1.82, 2.24) is 19.8 Å². The van der Waals surface area contributed by atoms with Crippen LogP contribution in [0.5, 0.6) is 0 Å². The fourth-order valence-corrected chi connectivity index (χ4v) is 4.39. The normalized spacial score (nSPS) is 12.9.